The molecule has 6 heteroatoms. The molecule has 0 radical (unpaired) electrons. The molecule has 0 saturated heterocycles. The van der Waals surface area contributed by atoms with Crippen LogP contribution in [-0.2, 0) is 22.4 Å². The molecule has 0 spiro atoms. The van der Waals surface area contributed by atoms with E-state index in [2.05, 4.69) is 16.7 Å². The first-order valence-corrected chi connectivity index (χ1v) is 9.68. The van der Waals surface area contributed by atoms with Gasteiger partial charge in [0.15, 0.2) is 0 Å². The monoisotopic (exact) mass is 381 g/mol. The Morgan fingerprint density at radius 3 is 2.50 bits per heavy atom. The van der Waals surface area contributed by atoms with Gasteiger partial charge in [-0.3, -0.25) is 9.69 Å². The highest BCUT2D eigenvalue weighted by atomic mass is 16.5. The van der Waals surface area contributed by atoms with E-state index in [0.717, 1.165) is 35.3 Å². The fourth-order valence-corrected chi connectivity index (χ4v) is 3.35. The van der Waals surface area contributed by atoms with Crippen molar-refractivity contribution >= 4 is 29.0 Å². The van der Waals surface area contributed by atoms with Gasteiger partial charge < -0.3 is 15.4 Å². The van der Waals surface area contributed by atoms with Gasteiger partial charge in [0.05, 0.1) is 11.4 Å². The Hall–Kier alpha value is -2.86. The Morgan fingerprint density at radius 2 is 1.79 bits per heavy atom. The smallest absolute Gasteiger partial charge is 0.319 e. The second-order valence-electron chi connectivity index (χ2n) is 7.09. The summed E-state index contributed by atoms with van der Waals surface area (Å²) in [6.45, 7) is 6.16. The standard InChI is InChI=1S/C22H27N3O3/c1-4-28-14-21(26)25-19-8-6-5-7-16(19)9-10-17-11-12-18(13-20(17)25)24-22(27)23-15(2)3/h5-8,11-13,15H,4,9-10,14H2,1-3H3,(H2,23,24,27). The third-order valence-corrected chi connectivity index (χ3v) is 4.58. The molecule has 28 heavy (non-hydrogen) atoms. The SMILES string of the molecule is CCOCC(=O)N1c2ccccc2CCc2ccc(NC(=O)NC(C)C)cc21. The molecule has 1 aliphatic rings. The lowest BCUT2D eigenvalue weighted by atomic mass is 10.0. The van der Waals surface area contributed by atoms with Gasteiger partial charge in [0, 0.05) is 18.3 Å². The average Bonchev–Trinajstić information content (AvgIpc) is 2.82. The summed E-state index contributed by atoms with van der Waals surface area (Å²) in [5, 5.41) is 5.66. The molecule has 0 bridgehead atoms. The van der Waals surface area contributed by atoms with Crippen LogP contribution in [0.15, 0.2) is 42.5 Å². The van der Waals surface area contributed by atoms with Crippen LogP contribution in [0.25, 0.3) is 0 Å². The van der Waals surface area contributed by atoms with E-state index in [9.17, 15) is 9.59 Å². The van der Waals surface area contributed by atoms with Crippen molar-refractivity contribution in [1.29, 1.82) is 0 Å². The lowest BCUT2D eigenvalue weighted by Gasteiger charge is -2.25. The summed E-state index contributed by atoms with van der Waals surface area (Å²) in [6, 6.07) is 13.4. The van der Waals surface area contributed by atoms with Crippen molar-refractivity contribution in [3.8, 4) is 0 Å². The molecule has 0 unspecified atom stereocenters. The molecule has 0 saturated carbocycles. The number of para-hydroxylation sites is 1. The number of nitrogens with zero attached hydrogens (tertiary/aromatic N) is 1. The molecule has 0 aliphatic carbocycles. The molecule has 2 aromatic carbocycles. The van der Waals surface area contributed by atoms with Crippen LogP contribution in [0.4, 0.5) is 21.9 Å². The number of hydrogen-bond donors (Lipinski definition) is 2. The lowest BCUT2D eigenvalue weighted by molar-refractivity contribution is -0.122. The van der Waals surface area contributed by atoms with Crippen LogP contribution < -0.4 is 15.5 Å². The van der Waals surface area contributed by atoms with E-state index < -0.39 is 0 Å². The third kappa shape index (κ3) is 4.51. The normalized spacial score (nSPS) is 12.8. The van der Waals surface area contributed by atoms with Crippen LogP contribution in [-0.4, -0.2) is 31.2 Å². The van der Waals surface area contributed by atoms with Crippen molar-refractivity contribution in [2.24, 2.45) is 0 Å². The zero-order valence-corrected chi connectivity index (χ0v) is 16.6. The van der Waals surface area contributed by atoms with E-state index in [1.165, 1.54) is 0 Å². The van der Waals surface area contributed by atoms with E-state index in [-0.39, 0.29) is 24.6 Å². The Balaban J connectivity index is 1.99. The van der Waals surface area contributed by atoms with E-state index in [0.29, 0.717) is 12.3 Å². The van der Waals surface area contributed by atoms with Gasteiger partial charge in [0.2, 0.25) is 0 Å². The molecular formula is C22H27N3O3. The number of carbonyl (C=O) groups is 2. The van der Waals surface area contributed by atoms with Crippen molar-refractivity contribution in [3.05, 3.63) is 53.6 Å². The minimum absolute atomic E-state index is 0.00969. The van der Waals surface area contributed by atoms with Gasteiger partial charge in [-0.25, -0.2) is 4.79 Å². The summed E-state index contributed by atoms with van der Waals surface area (Å²) < 4.78 is 5.39. The predicted octanol–water partition coefficient (Wildman–Crippen LogP) is 4.02. The summed E-state index contributed by atoms with van der Waals surface area (Å²) in [5.74, 6) is -0.124. The molecule has 2 aromatic rings. The van der Waals surface area contributed by atoms with Gasteiger partial charge >= 0.3 is 6.03 Å². The van der Waals surface area contributed by atoms with E-state index in [4.69, 9.17) is 4.74 Å². The molecule has 0 fully saturated rings. The lowest BCUT2D eigenvalue weighted by Crippen LogP contribution is -2.34. The van der Waals surface area contributed by atoms with Crippen molar-refractivity contribution in [2.45, 2.75) is 39.7 Å². The fraction of sp³-hybridized carbons (Fsp3) is 0.364. The molecule has 3 rings (SSSR count). The molecule has 148 valence electrons. The molecule has 1 heterocycles. The van der Waals surface area contributed by atoms with Crippen molar-refractivity contribution in [1.82, 2.24) is 5.32 Å². The van der Waals surface area contributed by atoms with Crippen LogP contribution in [0.3, 0.4) is 0 Å². The van der Waals surface area contributed by atoms with E-state index in [1.54, 1.807) is 4.90 Å². The summed E-state index contributed by atoms with van der Waals surface area (Å²) in [4.78, 5) is 26.8. The number of aryl methyl sites for hydroxylation is 2. The Kier molecular flexibility index (Phi) is 6.31. The number of fused-ring (bicyclic) bond motifs is 2. The third-order valence-electron chi connectivity index (χ3n) is 4.58. The topological polar surface area (TPSA) is 70.7 Å². The number of ether oxygens (including phenoxy) is 1. The maximum absolute atomic E-state index is 13.0. The number of amides is 3. The number of anilines is 3. The predicted molar refractivity (Wildman–Crippen MR) is 111 cm³/mol. The zero-order valence-electron chi connectivity index (χ0n) is 16.6. The zero-order chi connectivity index (χ0) is 20.1. The first-order chi connectivity index (χ1) is 13.5. The van der Waals surface area contributed by atoms with Crippen LogP contribution in [0.2, 0.25) is 0 Å². The molecule has 0 atom stereocenters. The summed E-state index contributed by atoms with van der Waals surface area (Å²) in [5.41, 5.74) is 4.49. The molecular weight excluding hydrogens is 354 g/mol. The number of benzene rings is 2. The van der Waals surface area contributed by atoms with Crippen molar-refractivity contribution in [2.75, 3.05) is 23.4 Å². The average molecular weight is 381 g/mol. The highest BCUT2D eigenvalue weighted by Gasteiger charge is 2.26. The molecule has 3 amide bonds. The number of carbonyl (C=O) groups excluding carboxylic acids is 2. The van der Waals surface area contributed by atoms with Crippen molar-refractivity contribution in [3.63, 3.8) is 0 Å². The molecule has 2 N–H and O–H groups in total. The number of urea groups is 1. The van der Waals surface area contributed by atoms with Crippen LogP contribution >= 0.6 is 0 Å². The largest absolute Gasteiger partial charge is 0.372 e. The second kappa shape index (κ2) is 8.89. The number of hydrogen-bond acceptors (Lipinski definition) is 3. The quantitative estimate of drug-likeness (QED) is 0.822. The second-order valence-corrected chi connectivity index (χ2v) is 7.09. The van der Waals surface area contributed by atoms with Gasteiger partial charge in [0.1, 0.15) is 6.61 Å². The summed E-state index contributed by atoms with van der Waals surface area (Å²) in [7, 11) is 0. The van der Waals surface area contributed by atoms with Crippen LogP contribution in [0.1, 0.15) is 31.9 Å². The first kappa shape index (κ1) is 19.9. The highest BCUT2D eigenvalue weighted by molar-refractivity contribution is 6.04. The summed E-state index contributed by atoms with van der Waals surface area (Å²) in [6.07, 6.45) is 1.67. The minimum atomic E-state index is -0.267. The van der Waals surface area contributed by atoms with Crippen molar-refractivity contribution < 1.29 is 14.3 Å². The van der Waals surface area contributed by atoms with Gasteiger partial charge in [-0.15, -0.1) is 0 Å². The molecule has 1 aliphatic heterocycles. The van der Waals surface area contributed by atoms with Crippen LogP contribution in [0.5, 0.6) is 0 Å². The van der Waals surface area contributed by atoms with Gasteiger partial charge in [-0.1, -0.05) is 24.3 Å². The van der Waals surface area contributed by atoms with E-state index >= 15 is 0 Å². The van der Waals surface area contributed by atoms with Crippen LogP contribution in [0, 0.1) is 0 Å². The van der Waals surface area contributed by atoms with E-state index in [1.807, 2.05) is 57.2 Å². The Morgan fingerprint density at radius 1 is 1.07 bits per heavy atom. The van der Waals surface area contributed by atoms with Gasteiger partial charge in [0.25, 0.3) is 5.91 Å². The maximum Gasteiger partial charge on any atom is 0.319 e. The highest BCUT2D eigenvalue weighted by Crippen LogP contribution is 2.37. The first-order valence-electron chi connectivity index (χ1n) is 9.68. The Labute approximate surface area is 165 Å². The molecule has 0 aromatic heterocycles. The number of nitrogens with one attached hydrogen (secondary N) is 2. The summed E-state index contributed by atoms with van der Waals surface area (Å²) >= 11 is 0. The Bertz CT molecular complexity index is 864. The minimum Gasteiger partial charge on any atom is -0.372 e. The number of rotatable bonds is 5. The fourth-order valence-electron chi connectivity index (χ4n) is 3.35. The van der Waals surface area contributed by atoms with Gasteiger partial charge in [-0.05, 0) is 62.9 Å². The molecule has 6 nitrogen and oxygen atoms in total. The van der Waals surface area contributed by atoms with Gasteiger partial charge in [-0.2, -0.15) is 0 Å². The maximum atomic E-state index is 13.0.